The molecule has 0 atom stereocenters. The molecule has 1 aliphatic carbocycles. The van der Waals surface area contributed by atoms with E-state index in [1.807, 2.05) is 54.6 Å². The zero-order valence-electron chi connectivity index (χ0n) is 13.0. The van der Waals surface area contributed by atoms with Gasteiger partial charge in [0.05, 0.1) is 28.1 Å². The van der Waals surface area contributed by atoms with Gasteiger partial charge in [-0.25, -0.2) is 9.97 Å². The third-order valence-electron chi connectivity index (χ3n) is 4.28. The SMILES string of the molecule is [C-]#[N+]N=C1c2ccccc2-c2nc3cc(-c4ccco4)ccc3nc21. The summed E-state index contributed by atoms with van der Waals surface area (Å²) in [6, 6.07) is 17.4. The van der Waals surface area contributed by atoms with Crippen molar-refractivity contribution < 1.29 is 4.42 Å². The molecule has 0 unspecified atom stereocenters. The predicted molar refractivity (Wildman–Crippen MR) is 94.9 cm³/mol. The summed E-state index contributed by atoms with van der Waals surface area (Å²) in [6.45, 7) is 7.10. The van der Waals surface area contributed by atoms with E-state index in [0.717, 1.165) is 39.2 Å². The molecule has 1 aliphatic rings. The van der Waals surface area contributed by atoms with Gasteiger partial charge in [0.1, 0.15) is 11.5 Å². The number of aromatic nitrogens is 2. The van der Waals surface area contributed by atoms with E-state index >= 15 is 0 Å². The molecule has 0 radical (unpaired) electrons. The lowest BCUT2D eigenvalue weighted by atomic mass is 10.1. The smallest absolute Gasteiger partial charge is 0.181 e. The van der Waals surface area contributed by atoms with Crippen LogP contribution in [-0.4, -0.2) is 15.7 Å². The third-order valence-corrected chi connectivity index (χ3v) is 4.28. The molecule has 0 N–H and O–H groups in total. The summed E-state index contributed by atoms with van der Waals surface area (Å²) >= 11 is 0. The van der Waals surface area contributed by atoms with Gasteiger partial charge in [-0.1, -0.05) is 24.3 Å². The highest BCUT2D eigenvalue weighted by atomic mass is 16.3. The van der Waals surface area contributed by atoms with Gasteiger partial charge in [-0.15, -0.1) is 4.95 Å². The normalized spacial score (nSPS) is 13.6. The van der Waals surface area contributed by atoms with E-state index < -0.39 is 0 Å². The maximum atomic E-state index is 7.10. The Labute approximate surface area is 143 Å². The van der Waals surface area contributed by atoms with E-state index in [4.69, 9.17) is 21.0 Å². The quantitative estimate of drug-likeness (QED) is 0.336. The molecule has 5 heteroatoms. The molecule has 116 valence electrons. The lowest BCUT2D eigenvalue weighted by Crippen LogP contribution is -2.01. The van der Waals surface area contributed by atoms with Gasteiger partial charge in [-0.05, 0) is 30.3 Å². The van der Waals surface area contributed by atoms with Crippen molar-refractivity contribution in [3.05, 3.63) is 83.6 Å². The Bertz CT molecular complexity index is 1200. The number of benzene rings is 2. The summed E-state index contributed by atoms with van der Waals surface area (Å²) in [5, 5.41) is 3.96. The van der Waals surface area contributed by atoms with Gasteiger partial charge < -0.3 is 4.42 Å². The number of hydrogen-bond acceptors (Lipinski definition) is 4. The van der Waals surface area contributed by atoms with E-state index in [-0.39, 0.29) is 0 Å². The lowest BCUT2D eigenvalue weighted by Gasteiger charge is -2.04. The fourth-order valence-electron chi connectivity index (χ4n) is 3.18. The zero-order chi connectivity index (χ0) is 16.8. The van der Waals surface area contributed by atoms with Crippen LogP contribution in [0, 0.1) is 6.57 Å². The molecule has 25 heavy (non-hydrogen) atoms. The maximum absolute atomic E-state index is 7.10. The molecular weight excluding hydrogens is 312 g/mol. The van der Waals surface area contributed by atoms with E-state index in [2.05, 4.69) is 10.1 Å². The molecule has 0 bridgehead atoms. The Morgan fingerprint density at radius 2 is 1.72 bits per heavy atom. The van der Waals surface area contributed by atoms with Crippen molar-refractivity contribution in [2.75, 3.05) is 0 Å². The van der Waals surface area contributed by atoms with Crippen molar-refractivity contribution in [1.29, 1.82) is 0 Å². The van der Waals surface area contributed by atoms with Gasteiger partial charge in [0.2, 0.25) is 0 Å². The highest BCUT2D eigenvalue weighted by Gasteiger charge is 2.30. The molecule has 2 aromatic carbocycles. The second-order valence-corrected chi connectivity index (χ2v) is 5.70. The van der Waals surface area contributed by atoms with Crippen LogP contribution in [0.5, 0.6) is 0 Å². The van der Waals surface area contributed by atoms with Crippen LogP contribution in [0.3, 0.4) is 0 Å². The number of furan rings is 1. The highest BCUT2D eigenvalue weighted by molar-refractivity contribution is 6.23. The van der Waals surface area contributed by atoms with Crippen molar-refractivity contribution in [3.63, 3.8) is 0 Å². The van der Waals surface area contributed by atoms with E-state index in [1.54, 1.807) is 6.26 Å². The molecule has 0 aliphatic heterocycles. The number of nitrogens with zero attached hydrogens (tertiary/aromatic N) is 4. The Kier molecular flexibility index (Phi) is 2.79. The topological polar surface area (TPSA) is 55.6 Å². The molecule has 2 aromatic heterocycles. The molecule has 0 saturated heterocycles. The molecule has 2 heterocycles. The second-order valence-electron chi connectivity index (χ2n) is 5.70. The third kappa shape index (κ3) is 1.98. The predicted octanol–water partition coefficient (Wildman–Crippen LogP) is 4.54. The van der Waals surface area contributed by atoms with Crippen molar-refractivity contribution in [1.82, 2.24) is 9.97 Å². The summed E-state index contributed by atoms with van der Waals surface area (Å²) in [5.41, 5.74) is 6.37. The van der Waals surface area contributed by atoms with Gasteiger partial charge in [-0.3, -0.25) is 0 Å². The first-order chi connectivity index (χ1) is 12.3. The van der Waals surface area contributed by atoms with Gasteiger partial charge in [0.25, 0.3) is 0 Å². The van der Waals surface area contributed by atoms with Crippen LogP contribution < -0.4 is 0 Å². The lowest BCUT2D eigenvalue weighted by molar-refractivity contribution is 0.582. The monoisotopic (exact) mass is 322 g/mol. The standard InChI is InChI=1S/C20H10N4O/c1-21-24-19-14-6-3-2-5-13(14)18-20(19)22-15-9-8-12(11-16(15)23-18)17-7-4-10-25-17/h2-11H. The van der Waals surface area contributed by atoms with Crippen molar-refractivity contribution in [3.8, 4) is 22.6 Å². The van der Waals surface area contributed by atoms with Crippen LogP contribution >= 0.6 is 0 Å². The highest BCUT2D eigenvalue weighted by Crippen LogP contribution is 2.36. The van der Waals surface area contributed by atoms with Crippen molar-refractivity contribution >= 4 is 16.7 Å². The number of rotatable bonds is 1. The van der Waals surface area contributed by atoms with Gasteiger partial charge >= 0.3 is 0 Å². The van der Waals surface area contributed by atoms with Crippen LogP contribution in [0.1, 0.15) is 11.3 Å². The average molecular weight is 322 g/mol. The van der Waals surface area contributed by atoms with Crippen LogP contribution in [0.2, 0.25) is 0 Å². The molecule has 4 aromatic rings. The number of fused-ring (bicyclic) bond motifs is 4. The van der Waals surface area contributed by atoms with Crippen LogP contribution in [-0.2, 0) is 0 Å². The molecule has 0 saturated carbocycles. The van der Waals surface area contributed by atoms with E-state index in [1.165, 1.54) is 0 Å². The molecule has 5 nitrogen and oxygen atoms in total. The van der Waals surface area contributed by atoms with Crippen LogP contribution in [0.4, 0.5) is 0 Å². The number of hydrogen-bond donors (Lipinski definition) is 0. The van der Waals surface area contributed by atoms with Crippen LogP contribution in [0.15, 0.2) is 70.4 Å². The molecule has 0 spiro atoms. The minimum Gasteiger partial charge on any atom is -0.464 e. The summed E-state index contributed by atoms with van der Waals surface area (Å²) in [7, 11) is 0. The van der Waals surface area contributed by atoms with E-state index in [0.29, 0.717) is 11.4 Å². The van der Waals surface area contributed by atoms with E-state index in [9.17, 15) is 0 Å². The second kappa shape index (κ2) is 5.11. The Balaban J connectivity index is 1.79. The summed E-state index contributed by atoms with van der Waals surface area (Å²) in [6.07, 6.45) is 1.65. The zero-order valence-corrected chi connectivity index (χ0v) is 13.0. The Morgan fingerprint density at radius 1 is 0.880 bits per heavy atom. The fraction of sp³-hybridized carbons (Fsp3) is 0. The molecule has 0 amide bonds. The fourth-order valence-corrected chi connectivity index (χ4v) is 3.18. The van der Waals surface area contributed by atoms with Crippen molar-refractivity contribution in [2.45, 2.75) is 0 Å². The molecular formula is C20H10N4O. The van der Waals surface area contributed by atoms with Crippen LogP contribution in [0.25, 0.3) is 38.6 Å². The Morgan fingerprint density at radius 3 is 2.52 bits per heavy atom. The largest absolute Gasteiger partial charge is 0.464 e. The Hall–Kier alpha value is -3.78. The average Bonchev–Trinajstić information content (AvgIpc) is 3.28. The van der Waals surface area contributed by atoms with Gasteiger partial charge in [0.15, 0.2) is 5.71 Å². The maximum Gasteiger partial charge on any atom is 0.181 e. The minimum absolute atomic E-state index is 0.588. The molecule has 5 rings (SSSR count). The first-order valence-electron chi connectivity index (χ1n) is 7.75. The van der Waals surface area contributed by atoms with Gasteiger partial charge in [0, 0.05) is 16.7 Å². The van der Waals surface area contributed by atoms with Crippen molar-refractivity contribution in [2.24, 2.45) is 5.10 Å². The van der Waals surface area contributed by atoms with Gasteiger partial charge in [-0.2, -0.15) is 6.57 Å². The molecule has 0 fully saturated rings. The summed E-state index contributed by atoms with van der Waals surface area (Å²) in [4.78, 5) is 12.7. The first-order valence-corrected chi connectivity index (χ1v) is 7.75. The first kappa shape index (κ1) is 13.6. The summed E-state index contributed by atoms with van der Waals surface area (Å²) in [5.74, 6) is 0.792. The summed E-state index contributed by atoms with van der Waals surface area (Å²) < 4.78 is 5.47. The minimum atomic E-state index is 0.588.